The number of halogens is 2. The van der Waals surface area contributed by atoms with Gasteiger partial charge in [-0.1, -0.05) is 96.0 Å². The van der Waals surface area contributed by atoms with Gasteiger partial charge in [0.05, 0.1) is 10.6 Å². The highest BCUT2D eigenvalue weighted by Gasteiger charge is 2.35. The van der Waals surface area contributed by atoms with Gasteiger partial charge in [-0.2, -0.15) is 0 Å². The van der Waals surface area contributed by atoms with E-state index in [4.69, 9.17) is 23.2 Å². The molecule has 1 atom stereocenters. The van der Waals surface area contributed by atoms with E-state index in [-0.39, 0.29) is 23.8 Å². The first-order chi connectivity index (χ1) is 20.6. The lowest BCUT2D eigenvalue weighted by atomic mass is 10.0. The van der Waals surface area contributed by atoms with E-state index < -0.39 is 28.5 Å². The summed E-state index contributed by atoms with van der Waals surface area (Å²) in [6, 6.07) is 28.2. The van der Waals surface area contributed by atoms with E-state index in [0.29, 0.717) is 33.4 Å². The number of carbonyl (C=O) groups excluding carboxylic acids is 2. The molecule has 43 heavy (non-hydrogen) atoms. The maximum atomic E-state index is 14.4. The van der Waals surface area contributed by atoms with Crippen LogP contribution in [0.2, 0.25) is 10.0 Å². The Balaban J connectivity index is 1.82. The second-order valence-corrected chi connectivity index (χ2v) is 12.7. The SMILES string of the molecule is CCNC(=O)C(Cc1ccccc1)N(Cc1ccc(Cl)cc1Cl)C(=O)CN(c1ccccc1C)S(=O)(=O)c1ccccc1. The molecule has 0 spiro atoms. The molecular weight excluding hydrogens is 605 g/mol. The van der Waals surface area contributed by atoms with E-state index in [1.807, 2.05) is 30.3 Å². The molecule has 4 aromatic carbocycles. The number of sulfonamides is 1. The topological polar surface area (TPSA) is 86.8 Å². The Hall–Kier alpha value is -3.85. The fourth-order valence-electron chi connectivity index (χ4n) is 4.76. The van der Waals surface area contributed by atoms with Crippen LogP contribution in [0.5, 0.6) is 0 Å². The van der Waals surface area contributed by atoms with Crippen LogP contribution in [0.3, 0.4) is 0 Å². The molecule has 0 aromatic heterocycles. The number of nitrogens with zero attached hydrogens (tertiary/aromatic N) is 2. The monoisotopic (exact) mass is 637 g/mol. The molecular formula is C33H33Cl2N3O4S. The molecule has 224 valence electrons. The van der Waals surface area contributed by atoms with Gasteiger partial charge in [-0.15, -0.1) is 0 Å². The molecule has 0 fully saturated rings. The lowest BCUT2D eigenvalue weighted by molar-refractivity contribution is -0.140. The summed E-state index contributed by atoms with van der Waals surface area (Å²) in [6.45, 7) is 3.34. The number of anilines is 1. The van der Waals surface area contributed by atoms with E-state index in [0.717, 1.165) is 9.87 Å². The fraction of sp³-hybridized carbons (Fsp3) is 0.212. The van der Waals surface area contributed by atoms with Gasteiger partial charge in [0.25, 0.3) is 10.0 Å². The third-order valence-electron chi connectivity index (χ3n) is 6.97. The third kappa shape index (κ3) is 7.96. The van der Waals surface area contributed by atoms with Crippen LogP contribution in [0, 0.1) is 6.92 Å². The predicted octanol–water partition coefficient (Wildman–Crippen LogP) is 6.27. The number of amides is 2. The van der Waals surface area contributed by atoms with Crippen molar-refractivity contribution in [3.63, 3.8) is 0 Å². The Morgan fingerprint density at radius 3 is 2.12 bits per heavy atom. The molecule has 0 aliphatic rings. The molecule has 0 radical (unpaired) electrons. The molecule has 7 nitrogen and oxygen atoms in total. The van der Waals surface area contributed by atoms with Crippen molar-refractivity contribution in [2.45, 2.75) is 37.8 Å². The Morgan fingerprint density at radius 2 is 1.49 bits per heavy atom. The van der Waals surface area contributed by atoms with Crippen LogP contribution in [0.1, 0.15) is 23.6 Å². The molecule has 10 heteroatoms. The van der Waals surface area contributed by atoms with Crippen molar-refractivity contribution in [3.05, 3.63) is 130 Å². The van der Waals surface area contributed by atoms with E-state index in [1.165, 1.54) is 17.0 Å². The molecule has 4 aromatic rings. The Morgan fingerprint density at radius 1 is 0.860 bits per heavy atom. The molecule has 4 rings (SSSR count). The van der Waals surface area contributed by atoms with Crippen LogP contribution in [-0.2, 0) is 32.6 Å². The van der Waals surface area contributed by atoms with Crippen molar-refractivity contribution in [1.82, 2.24) is 10.2 Å². The second-order valence-electron chi connectivity index (χ2n) is 9.97. The zero-order valence-corrected chi connectivity index (χ0v) is 26.2. The lowest BCUT2D eigenvalue weighted by Gasteiger charge is -2.34. The fourth-order valence-corrected chi connectivity index (χ4v) is 6.72. The normalized spacial score (nSPS) is 11.9. The number of benzene rings is 4. The Labute approximate surface area is 263 Å². The molecule has 0 aliphatic heterocycles. The summed E-state index contributed by atoms with van der Waals surface area (Å²) in [5.74, 6) is -0.931. The molecule has 1 unspecified atom stereocenters. The van der Waals surface area contributed by atoms with E-state index >= 15 is 0 Å². The molecule has 2 amide bonds. The molecule has 1 N–H and O–H groups in total. The number of nitrogens with one attached hydrogen (secondary N) is 1. The van der Waals surface area contributed by atoms with Crippen molar-refractivity contribution in [2.24, 2.45) is 0 Å². The second kappa shape index (κ2) is 14.6. The number of para-hydroxylation sites is 1. The van der Waals surface area contributed by atoms with Crippen LogP contribution in [-0.4, -0.2) is 44.3 Å². The van der Waals surface area contributed by atoms with Gasteiger partial charge in [-0.3, -0.25) is 13.9 Å². The maximum absolute atomic E-state index is 14.4. The summed E-state index contributed by atoms with van der Waals surface area (Å²) in [4.78, 5) is 29.4. The van der Waals surface area contributed by atoms with Crippen molar-refractivity contribution >= 4 is 50.7 Å². The van der Waals surface area contributed by atoms with Gasteiger partial charge < -0.3 is 10.2 Å². The standard InChI is InChI=1S/C33H33Cl2N3O4S/c1-3-36-33(40)31(20-25-13-6-4-7-14-25)37(22-26-18-19-27(34)21-29(26)35)32(39)23-38(30-17-11-10-12-24(30)2)43(41,42)28-15-8-5-9-16-28/h4-19,21,31H,3,20,22-23H2,1-2H3,(H,36,40). The molecule has 0 heterocycles. The molecule has 0 bridgehead atoms. The highest BCUT2D eigenvalue weighted by Crippen LogP contribution is 2.28. The van der Waals surface area contributed by atoms with Crippen molar-refractivity contribution < 1.29 is 18.0 Å². The number of aryl methyl sites for hydroxylation is 1. The van der Waals surface area contributed by atoms with Crippen molar-refractivity contribution in [1.29, 1.82) is 0 Å². The van der Waals surface area contributed by atoms with Gasteiger partial charge in [0.1, 0.15) is 12.6 Å². The Bertz CT molecular complexity index is 1670. The molecule has 0 aliphatic carbocycles. The maximum Gasteiger partial charge on any atom is 0.264 e. The highest BCUT2D eigenvalue weighted by atomic mass is 35.5. The summed E-state index contributed by atoms with van der Waals surface area (Å²) in [5.41, 5.74) is 2.44. The molecule has 0 saturated heterocycles. The number of carbonyl (C=O) groups is 2. The van der Waals surface area contributed by atoms with Gasteiger partial charge in [0.15, 0.2) is 0 Å². The van der Waals surface area contributed by atoms with Gasteiger partial charge in [0, 0.05) is 29.6 Å². The number of hydrogen-bond acceptors (Lipinski definition) is 4. The minimum absolute atomic E-state index is 0.0444. The van der Waals surface area contributed by atoms with Crippen molar-refractivity contribution in [3.8, 4) is 0 Å². The van der Waals surface area contributed by atoms with Crippen LogP contribution >= 0.6 is 23.2 Å². The van der Waals surface area contributed by atoms with Crippen molar-refractivity contribution in [2.75, 3.05) is 17.4 Å². The van der Waals surface area contributed by atoms with E-state index in [9.17, 15) is 18.0 Å². The average Bonchev–Trinajstić information content (AvgIpc) is 3.00. The van der Waals surface area contributed by atoms with Crippen LogP contribution in [0.15, 0.2) is 108 Å². The lowest BCUT2D eigenvalue weighted by Crippen LogP contribution is -2.53. The summed E-state index contributed by atoms with van der Waals surface area (Å²) < 4.78 is 29.2. The van der Waals surface area contributed by atoms with Gasteiger partial charge >= 0.3 is 0 Å². The quantitative estimate of drug-likeness (QED) is 0.198. The van der Waals surface area contributed by atoms with Crippen LogP contribution in [0.4, 0.5) is 5.69 Å². The highest BCUT2D eigenvalue weighted by molar-refractivity contribution is 7.92. The van der Waals surface area contributed by atoms with E-state index in [1.54, 1.807) is 74.5 Å². The third-order valence-corrected chi connectivity index (χ3v) is 9.33. The Kier molecular flexibility index (Phi) is 10.9. The van der Waals surface area contributed by atoms with E-state index in [2.05, 4.69) is 5.32 Å². The number of rotatable bonds is 12. The first-order valence-corrected chi connectivity index (χ1v) is 16.0. The summed E-state index contributed by atoms with van der Waals surface area (Å²) in [7, 11) is -4.17. The number of likely N-dealkylation sites (N-methyl/N-ethyl adjacent to an activating group) is 1. The zero-order chi connectivity index (χ0) is 31.0. The first kappa shape index (κ1) is 32.1. The number of hydrogen-bond donors (Lipinski definition) is 1. The molecule has 0 saturated carbocycles. The minimum atomic E-state index is -4.17. The van der Waals surface area contributed by atoms with Crippen LogP contribution < -0.4 is 9.62 Å². The van der Waals surface area contributed by atoms with Crippen LogP contribution in [0.25, 0.3) is 0 Å². The van der Waals surface area contributed by atoms with Gasteiger partial charge in [-0.05, 0) is 60.9 Å². The summed E-state index contributed by atoms with van der Waals surface area (Å²) >= 11 is 12.7. The summed E-state index contributed by atoms with van der Waals surface area (Å²) in [5, 5.41) is 3.60. The van der Waals surface area contributed by atoms with Gasteiger partial charge in [-0.25, -0.2) is 8.42 Å². The average molecular weight is 639 g/mol. The largest absolute Gasteiger partial charge is 0.355 e. The predicted molar refractivity (Wildman–Crippen MR) is 172 cm³/mol. The van der Waals surface area contributed by atoms with Gasteiger partial charge in [0.2, 0.25) is 11.8 Å². The minimum Gasteiger partial charge on any atom is -0.355 e. The smallest absolute Gasteiger partial charge is 0.264 e. The summed E-state index contributed by atoms with van der Waals surface area (Å²) in [6.07, 6.45) is 0.208. The zero-order valence-electron chi connectivity index (χ0n) is 23.9. The first-order valence-electron chi connectivity index (χ1n) is 13.8.